The molecular formula is C14H26N2S. The zero-order chi connectivity index (χ0) is 13.0. The highest BCUT2D eigenvalue weighted by atomic mass is 32.1. The highest BCUT2D eigenvalue weighted by molar-refractivity contribution is 7.10. The Balaban J connectivity index is 3.07. The molecule has 3 heteroatoms. The SMILES string of the molecule is CCC(N)C(c1sccc1C)N(CC)C(C)C. The quantitative estimate of drug-likeness (QED) is 0.841. The van der Waals surface area contributed by atoms with Crippen LogP contribution < -0.4 is 5.73 Å². The van der Waals surface area contributed by atoms with E-state index in [9.17, 15) is 0 Å². The van der Waals surface area contributed by atoms with Crippen LogP contribution in [-0.4, -0.2) is 23.5 Å². The van der Waals surface area contributed by atoms with Crippen molar-refractivity contribution < 1.29 is 0 Å². The van der Waals surface area contributed by atoms with E-state index in [0.717, 1.165) is 13.0 Å². The summed E-state index contributed by atoms with van der Waals surface area (Å²) in [6, 6.07) is 3.31. The van der Waals surface area contributed by atoms with Crippen LogP contribution >= 0.6 is 11.3 Å². The van der Waals surface area contributed by atoms with E-state index in [-0.39, 0.29) is 6.04 Å². The minimum atomic E-state index is 0.217. The molecule has 1 heterocycles. The molecule has 0 aromatic carbocycles. The van der Waals surface area contributed by atoms with E-state index in [1.165, 1.54) is 10.4 Å². The maximum Gasteiger partial charge on any atom is 0.0598 e. The molecular weight excluding hydrogens is 228 g/mol. The number of hydrogen-bond acceptors (Lipinski definition) is 3. The molecule has 0 aliphatic carbocycles. The van der Waals surface area contributed by atoms with Gasteiger partial charge in [-0.05, 0) is 50.7 Å². The lowest BCUT2D eigenvalue weighted by molar-refractivity contribution is 0.140. The van der Waals surface area contributed by atoms with Crippen molar-refractivity contribution in [3.63, 3.8) is 0 Å². The van der Waals surface area contributed by atoms with Crippen molar-refractivity contribution in [3.8, 4) is 0 Å². The van der Waals surface area contributed by atoms with Crippen molar-refractivity contribution in [1.29, 1.82) is 0 Å². The van der Waals surface area contributed by atoms with Crippen LogP contribution in [0.3, 0.4) is 0 Å². The molecule has 1 rings (SSSR count). The number of aryl methyl sites for hydroxylation is 1. The standard InChI is InChI=1S/C14H26N2S/c1-6-12(15)13(16(7-2)10(3)4)14-11(5)8-9-17-14/h8-10,12-13H,6-7,15H2,1-5H3. The molecule has 1 aromatic heterocycles. The van der Waals surface area contributed by atoms with Crippen molar-refractivity contribution in [2.75, 3.05) is 6.54 Å². The van der Waals surface area contributed by atoms with Gasteiger partial charge in [-0.25, -0.2) is 0 Å². The first-order valence-electron chi connectivity index (χ1n) is 6.58. The monoisotopic (exact) mass is 254 g/mol. The summed E-state index contributed by atoms with van der Waals surface area (Å²) in [5.41, 5.74) is 7.73. The molecule has 0 radical (unpaired) electrons. The van der Waals surface area contributed by atoms with Crippen LogP contribution in [0.15, 0.2) is 11.4 Å². The first-order valence-corrected chi connectivity index (χ1v) is 7.46. The number of thiophene rings is 1. The zero-order valence-electron chi connectivity index (χ0n) is 11.7. The first-order chi connectivity index (χ1) is 8.02. The maximum absolute atomic E-state index is 6.36. The van der Waals surface area contributed by atoms with Gasteiger partial charge in [0.2, 0.25) is 0 Å². The molecule has 0 saturated heterocycles. The van der Waals surface area contributed by atoms with Gasteiger partial charge in [-0.1, -0.05) is 13.8 Å². The predicted molar refractivity (Wildman–Crippen MR) is 77.6 cm³/mol. The summed E-state index contributed by atoms with van der Waals surface area (Å²) in [5, 5.41) is 2.17. The molecule has 0 spiro atoms. The summed E-state index contributed by atoms with van der Waals surface area (Å²) in [6.45, 7) is 12.1. The van der Waals surface area contributed by atoms with Crippen LogP contribution in [0, 0.1) is 6.92 Å². The third-order valence-electron chi connectivity index (χ3n) is 3.43. The fourth-order valence-electron chi connectivity index (χ4n) is 2.38. The van der Waals surface area contributed by atoms with Gasteiger partial charge < -0.3 is 5.73 Å². The average Bonchev–Trinajstić information content (AvgIpc) is 2.70. The Kier molecular flexibility index (Phi) is 5.63. The third kappa shape index (κ3) is 3.30. The van der Waals surface area contributed by atoms with E-state index >= 15 is 0 Å². The lowest BCUT2D eigenvalue weighted by Crippen LogP contribution is -2.44. The molecule has 0 aliphatic heterocycles. The highest BCUT2D eigenvalue weighted by Crippen LogP contribution is 2.32. The molecule has 2 unspecified atom stereocenters. The van der Waals surface area contributed by atoms with E-state index in [0.29, 0.717) is 12.1 Å². The second-order valence-electron chi connectivity index (χ2n) is 4.91. The fraction of sp³-hybridized carbons (Fsp3) is 0.714. The van der Waals surface area contributed by atoms with Gasteiger partial charge in [0.05, 0.1) is 6.04 Å². The second kappa shape index (κ2) is 6.53. The van der Waals surface area contributed by atoms with Gasteiger partial charge in [0, 0.05) is 17.0 Å². The predicted octanol–water partition coefficient (Wildman–Crippen LogP) is 3.57. The Bertz CT molecular complexity index is 333. The molecule has 0 aliphatic rings. The Morgan fingerprint density at radius 3 is 2.35 bits per heavy atom. The normalized spacial score (nSPS) is 15.5. The molecule has 2 nitrogen and oxygen atoms in total. The lowest BCUT2D eigenvalue weighted by atomic mass is 9.99. The maximum atomic E-state index is 6.36. The van der Waals surface area contributed by atoms with Gasteiger partial charge in [-0.15, -0.1) is 11.3 Å². The number of hydrogen-bond donors (Lipinski definition) is 1. The molecule has 0 saturated carbocycles. The summed E-state index contributed by atoms with van der Waals surface area (Å²) in [5.74, 6) is 0. The molecule has 17 heavy (non-hydrogen) atoms. The van der Waals surface area contributed by atoms with Crippen LogP contribution in [0.25, 0.3) is 0 Å². The molecule has 0 bridgehead atoms. The van der Waals surface area contributed by atoms with E-state index in [2.05, 4.69) is 51.0 Å². The van der Waals surface area contributed by atoms with Gasteiger partial charge in [0.1, 0.15) is 0 Å². The number of nitrogens with zero attached hydrogens (tertiary/aromatic N) is 1. The van der Waals surface area contributed by atoms with E-state index in [1.54, 1.807) is 0 Å². The summed E-state index contributed by atoms with van der Waals surface area (Å²) >= 11 is 1.84. The molecule has 2 atom stereocenters. The fourth-order valence-corrected chi connectivity index (χ4v) is 3.51. The summed E-state index contributed by atoms with van der Waals surface area (Å²) in [6.07, 6.45) is 1.02. The van der Waals surface area contributed by atoms with Crippen LogP contribution in [0.1, 0.15) is 50.6 Å². The van der Waals surface area contributed by atoms with E-state index in [1.807, 2.05) is 11.3 Å². The van der Waals surface area contributed by atoms with Gasteiger partial charge >= 0.3 is 0 Å². The van der Waals surface area contributed by atoms with E-state index in [4.69, 9.17) is 5.73 Å². The van der Waals surface area contributed by atoms with Crippen molar-refractivity contribution >= 4 is 11.3 Å². The van der Waals surface area contributed by atoms with Crippen LogP contribution in [0.2, 0.25) is 0 Å². The minimum Gasteiger partial charge on any atom is -0.326 e. The Morgan fingerprint density at radius 2 is 2.00 bits per heavy atom. The van der Waals surface area contributed by atoms with Crippen LogP contribution in [0.4, 0.5) is 0 Å². The van der Waals surface area contributed by atoms with Crippen LogP contribution in [-0.2, 0) is 0 Å². The van der Waals surface area contributed by atoms with Crippen molar-refractivity contribution in [2.45, 2.75) is 59.2 Å². The molecule has 0 fully saturated rings. The molecule has 0 amide bonds. The van der Waals surface area contributed by atoms with E-state index < -0.39 is 0 Å². The minimum absolute atomic E-state index is 0.217. The largest absolute Gasteiger partial charge is 0.326 e. The van der Waals surface area contributed by atoms with Gasteiger partial charge in [0.25, 0.3) is 0 Å². The van der Waals surface area contributed by atoms with Gasteiger partial charge in [-0.2, -0.15) is 0 Å². The van der Waals surface area contributed by atoms with Crippen molar-refractivity contribution in [3.05, 3.63) is 21.9 Å². The van der Waals surface area contributed by atoms with Crippen LogP contribution in [0.5, 0.6) is 0 Å². The summed E-state index contributed by atoms with van der Waals surface area (Å²) in [4.78, 5) is 3.95. The highest BCUT2D eigenvalue weighted by Gasteiger charge is 2.28. The number of rotatable bonds is 6. The number of likely N-dealkylation sites (N-methyl/N-ethyl adjacent to an activating group) is 1. The molecule has 98 valence electrons. The number of nitrogens with two attached hydrogens (primary N) is 1. The smallest absolute Gasteiger partial charge is 0.0598 e. The third-order valence-corrected chi connectivity index (χ3v) is 4.52. The second-order valence-corrected chi connectivity index (χ2v) is 5.86. The Labute approximate surface area is 110 Å². The van der Waals surface area contributed by atoms with Gasteiger partial charge in [0.15, 0.2) is 0 Å². The average molecular weight is 254 g/mol. The molecule has 1 aromatic rings. The van der Waals surface area contributed by atoms with Crippen molar-refractivity contribution in [1.82, 2.24) is 4.90 Å². The molecule has 2 N–H and O–H groups in total. The summed E-state index contributed by atoms with van der Waals surface area (Å²) < 4.78 is 0. The first kappa shape index (κ1) is 14.7. The Morgan fingerprint density at radius 1 is 1.35 bits per heavy atom. The zero-order valence-corrected chi connectivity index (χ0v) is 12.6. The lowest BCUT2D eigenvalue weighted by Gasteiger charge is -2.37. The topological polar surface area (TPSA) is 29.3 Å². The van der Waals surface area contributed by atoms with Gasteiger partial charge in [-0.3, -0.25) is 4.90 Å². The summed E-state index contributed by atoms with van der Waals surface area (Å²) in [7, 11) is 0. The Hall–Kier alpha value is -0.380. The van der Waals surface area contributed by atoms with Crippen molar-refractivity contribution in [2.24, 2.45) is 5.73 Å².